The van der Waals surface area contributed by atoms with Crippen molar-refractivity contribution >= 4 is 0 Å². The van der Waals surface area contributed by atoms with Crippen LogP contribution in [-0.2, 0) is 13.1 Å². The molecule has 0 spiro atoms. The van der Waals surface area contributed by atoms with Gasteiger partial charge in [-0.1, -0.05) is 6.92 Å². The van der Waals surface area contributed by atoms with Gasteiger partial charge in [-0.2, -0.15) is 0 Å². The number of hydrogen-bond acceptors (Lipinski definition) is 4. The van der Waals surface area contributed by atoms with Crippen LogP contribution in [0.3, 0.4) is 0 Å². The first-order chi connectivity index (χ1) is 8.74. The van der Waals surface area contributed by atoms with E-state index in [1.165, 1.54) is 5.69 Å². The summed E-state index contributed by atoms with van der Waals surface area (Å²) < 4.78 is 2.26. The Morgan fingerprint density at radius 2 is 2.28 bits per heavy atom. The minimum absolute atomic E-state index is 0.466. The van der Waals surface area contributed by atoms with E-state index in [0.29, 0.717) is 6.04 Å². The third kappa shape index (κ3) is 3.10. The molecular formula is C13H25N5. The lowest BCUT2D eigenvalue weighted by molar-refractivity contribution is 0.0860. The Labute approximate surface area is 110 Å². The summed E-state index contributed by atoms with van der Waals surface area (Å²) in [5, 5.41) is 0. The molecule has 18 heavy (non-hydrogen) atoms. The van der Waals surface area contributed by atoms with Crippen LogP contribution < -0.4 is 5.73 Å². The van der Waals surface area contributed by atoms with E-state index in [1.54, 1.807) is 0 Å². The molecule has 2 rings (SSSR count). The topological polar surface area (TPSA) is 50.3 Å². The first-order valence-corrected chi connectivity index (χ1v) is 6.86. The number of rotatable bonds is 5. The Balaban J connectivity index is 2.00. The number of aryl methyl sites for hydroxylation is 1. The molecule has 0 radical (unpaired) electrons. The number of likely N-dealkylation sites (N-methyl/N-ethyl adjacent to an activating group) is 1. The molecule has 0 aliphatic carbocycles. The van der Waals surface area contributed by atoms with Crippen molar-refractivity contribution in [3.05, 3.63) is 18.2 Å². The molecule has 1 fully saturated rings. The minimum atomic E-state index is 0.466. The van der Waals surface area contributed by atoms with Crippen molar-refractivity contribution in [3.63, 3.8) is 0 Å². The summed E-state index contributed by atoms with van der Waals surface area (Å²) in [5.74, 6) is 0. The van der Waals surface area contributed by atoms with Crippen molar-refractivity contribution in [1.82, 2.24) is 19.4 Å². The van der Waals surface area contributed by atoms with Gasteiger partial charge in [0.15, 0.2) is 0 Å². The zero-order valence-electron chi connectivity index (χ0n) is 11.5. The molecule has 102 valence electrons. The first-order valence-electron chi connectivity index (χ1n) is 6.86. The maximum absolute atomic E-state index is 5.89. The molecule has 2 heterocycles. The first kappa shape index (κ1) is 13.5. The predicted octanol–water partition coefficient (Wildman–Crippen LogP) is 0.368. The summed E-state index contributed by atoms with van der Waals surface area (Å²) >= 11 is 0. The maximum atomic E-state index is 5.89. The molecule has 0 amide bonds. The van der Waals surface area contributed by atoms with Gasteiger partial charge in [-0.25, -0.2) is 4.98 Å². The average Bonchev–Trinajstić information content (AvgIpc) is 2.79. The monoisotopic (exact) mass is 251 g/mol. The smallest absolute Gasteiger partial charge is 0.0948 e. The van der Waals surface area contributed by atoms with E-state index < -0.39 is 0 Å². The highest BCUT2D eigenvalue weighted by atomic mass is 15.3. The van der Waals surface area contributed by atoms with Crippen LogP contribution in [0.1, 0.15) is 19.0 Å². The highest BCUT2D eigenvalue weighted by molar-refractivity contribution is 5.00. The second-order valence-electron chi connectivity index (χ2n) is 5.20. The molecule has 1 atom stereocenters. The van der Waals surface area contributed by atoms with E-state index in [4.69, 9.17) is 5.73 Å². The molecule has 0 bridgehead atoms. The van der Waals surface area contributed by atoms with Crippen LogP contribution in [0.4, 0.5) is 0 Å². The third-order valence-corrected chi connectivity index (χ3v) is 3.71. The van der Waals surface area contributed by atoms with Crippen LogP contribution in [-0.4, -0.2) is 58.6 Å². The molecule has 5 nitrogen and oxygen atoms in total. The van der Waals surface area contributed by atoms with Gasteiger partial charge in [0.05, 0.1) is 12.0 Å². The van der Waals surface area contributed by atoms with Gasteiger partial charge in [0.2, 0.25) is 0 Å². The average molecular weight is 251 g/mol. The van der Waals surface area contributed by atoms with Crippen LogP contribution in [0.25, 0.3) is 0 Å². The second-order valence-corrected chi connectivity index (χ2v) is 5.20. The lowest BCUT2D eigenvalue weighted by atomic mass is 10.1. The van der Waals surface area contributed by atoms with Gasteiger partial charge in [0.25, 0.3) is 0 Å². The van der Waals surface area contributed by atoms with Gasteiger partial charge < -0.3 is 15.2 Å². The molecule has 1 unspecified atom stereocenters. The number of nitrogens with two attached hydrogens (primary N) is 1. The van der Waals surface area contributed by atoms with Crippen molar-refractivity contribution in [2.24, 2.45) is 5.73 Å². The lowest BCUT2D eigenvalue weighted by Gasteiger charge is -2.39. The van der Waals surface area contributed by atoms with E-state index in [0.717, 1.165) is 45.7 Å². The number of piperazine rings is 1. The van der Waals surface area contributed by atoms with Crippen molar-refractivity contribution in [3.8, 4) is 0 Å². The molecule has 2 N–H and O–H groups in total. The molecule has 0 saturated carbocycles. The molecule has 1 aliphatic rings. The van der Waals surface area contributed by atoms with Gasteiger partial charge in [-0.3, -0.25) is 4.90 Å². The summed E-state index contributed by atoms with van der Waals surface area (Å²) in [4.78, 5) is 9.11. The van der Waals surface area contributed by atoms with E-state index in [-0.39, 0.29) is 0 Å². The van der Waals surface area contributed by atoms with E-state index in [9.17, 15) is 0 Å². The van der Waals surface area contributed by atoms with Gasteiger partial charge in [0.1, 0.15) is 0 Å². The molecular weight excluding hydrogens is 226 g/mol. The van der Waals surface area contributed by atoms with E-state index in [1.807, 2.05) is 12.5 Å². The molecule has 0 aromatic carbocycles. The predicted molar refractivity (Wildman–Crippen MR) is 73.3 cm³/mol. The van der Waals surface area contributed by atoms with Crippen molar-refractivity contribution in [1.29, 1.82) is 0 Å². The summed E-state index contributed by atoms with van der Waals surface area (Å²) in [6.07, 6.45) is 5.07. The van der Waals surface area contributed by atoms with Gasteiger partial charge >= 0.3 is 0 Å². The number of hydrogen-bond donors (Lipinski definition) is 1. The van der Waals surface area contributed by atoms with Crippen LogP contribution >= 0.6 is 0 Å². The molecule has 1 aliphatic heterocycles. The summed E-state index contributed by atoms with van der Waals surface area (Å²) in [7, 11) is 2.17. The zero-order chi connectivity index (χ0) is 13.0. The van der Waals surface area contributed by atoms with Crippen LogP contribution in [0.15, 0.2) is 12.5 Å². The highest BCUT2D eigenvalue weighted by Crippen LogP contribution is 2.13. The highest BCUT2D eigenvalue weighted by Gasteiger charge is 2.24. The zero-order valence-corrected chi connectivity index (χ0v) is 11.5. The van der Waals surface area contributed by atoms with Crippen molar-refractivity contribution < 1.29 is 0 Å². The summed E-state index contributed by atoms with van der Waals surface area (Å²) in [6, 6.07) is 0.466. The number of nitrogens with zero attached hydrogens (tertiary/aromatic N) is 4. The fourth-order valence-corrected chi connectivity index (χ4v) is 2.61. The Morgan fingerprint density at radius 1 is 1.44 bits per heavy atom. The van der Waals surface area contributed by atoms with Crippen LogP contribution in [0, 0.1) is 0 Å². The van der Waals surface area contributed by atoms with E-state index in [2.05, 4.69) is 33.3 Å². The Morgan fingerprint density at radius 3 is 3.00 bits per heavy atom. The fraction of sp³-hybridized carbons (Fsp3) is 0.769. The van der Waals surface area contributed by atoms with Crippen LogP contribution in [0.2, 0.25) is 0 Å². The van der Waals surface area contributed by atoms with E-state index >= 15 is 0 Å². The Bertz CT molecular complexity index is 362. The van der Waals surface area contributed by atoms with Crippen LogP contribution in [0.5, 0.6) is 0 Å². The number of imidazole rings is 1. The second kappa shape index (κ2) is 6.31. The fourth-order valence-electron chi connectivity index (χ4n) is 2.61. The quantitative estimate of drug-likeness (QED) is 0.821. The van der Waals surface area contributed by atoms with Gasteiger partial charge in [-0.15, -0.1) is 0 Å². The summed E-state index contributed by atoms with van der Waals surface area (Å²) in [5.41, 5.74) is 7.20. The van der Waals surface area contributed by atoms with Gasteiger partial charge in [-0.05, 0) is 13.5 Å². The standard InChI is InChI=1S/C13H25N5/c1-3-4-18-11-15-8-13(18)10-17-6-5-16(2)9-12(17)7-14/h8,11-12H,3-7,9-10,14H2,1-2H3. The van der Waals surface area contributed by atoms with Gasteiger partial charge in [0, 0.05) is 51.5 Å². The van der Waals surface area contributed by atoms with Crippen molar-refractivity contribution in [2.45, 2.75) is 32.5 Å². The number of aromatic nitrogens is 2. The SMILES string of the molecule is CCCn1cncc1CN1CCN(C)CC1CN. The third-order valence-electron chi connectivity index (χ3n) is 3.71. The molecule has 5 heteroatoms. The molecule has 1 saturated heterocycles. The normalized spacial score (nSPS) is 22.5. The molecule has 1 aromatic heterocycles. The molecule has 1 aromatic rings. The lowest BCUT2D eigenvalue weighted by Crippen LogP contribution is -2.54. The Hall–Kier alpha value is -0.910. The minimum Gasteiger partial charge on any atom is -0.333 e. The maximum Gasteiger partial charge on any atom is 0.0948 e. The summed E-state index contributed by atoms with van der Waals surface area (Å²) in [6.45, 7) is 8.23. The largest absolute Gasteiger partial charge is 0.333 e. The Kier molecular flexibility index (Phi) is 4.74. The van der Waals surface area contributed by atoms with Crippen molar-refractivity contribution in [2.75, 3.05) is 33.2 Å².